The van der Waals surface area contributed by atoms with E-state index in [2.05, 4.69) is 20.4 Å². The number of aromatic nitrogens is 2. The first kappa shape index (κ1) is 17.2. The van der Waals surface area contributed by atoms with E-state index in [1.54, 1.807) is 17.0 Å². The molecule has 27 heavy (non-hydrogen) atoms. The molecule has 1 saturated heterocycles. The molecule has 9 nitrogen and oxygen atoms in total. The monoisotopic (exact) mass is 370 g/mol. The van der Waals surface area contributed by atoms with Gasteiger partial charge < -0.3 is 29.5 Å². The molecule has 0 aliphatic carbocycles. The van der Waals surface area contributed by atoms with Crippen LogP contribution in [0.25, 0.3) is 0 Å². The lowest BCUT2D eigenvalue weighted by molar-refractivity contribution is 0.174. The summed E-state index contributed by atoms with van der Waals surface area (Å²) >= 11 is 0. The number of nitrogens with one attached hydrogen (secondary N) is 1. The molecule has 0 bridgehead atoms. The van der Waals surface area contributed by atoms with Gasteiger partial charge in [-0.05, 0) is 24.3 Å². The molecule has 2 aliphatic heterocycles. The third-order valence-corrected chi connectivity index (χ3v) is 4.61. The fourth-order valence-electron chi connectivity index (χ4n) is 3.04. The van der Waals surface area contributed by atoms with Crippen LogP contribution in [0, 0.1) is 0 Å². The zero-order valence-electron chi connectivity index (χ0n) is 15.4. The number of amides is 2. The third kappa shape index (κ3) is 3.67. The molecule has 2 amide bonds. The summed E-state index contributed by atoms with van der Waals surface area (Å²) in [7, 11) is 3.86. The van der Waals surface area contributed by atoms with E-state index in [-0.39, 0.29) is 12.8 Å². The maximum Gasteiger partial charge on any atom is 0.321 e. The number of ether oxygens (including phenoxy) is 2. The normalized spacial score (nSPS) is 15.6. The van der Waals surface area contributed by atoms with Gasteiger partial charge in [0.1, 0.15) is 0 Å². The van der Waals surface area contributed by atoms with Crippen LogP contribution in [-0.2, 0) is 0 Å². The molecule has 9 heteroatoms. The van der Waals surface area contributed by atoms with Gasteiger partial charge in [0.25, 0.3) is 0 Å². The van der Waals surface area contributed by atoms with E-state index in [4.69, 9.17) is 9.47 Å². The zero-order valence-corrected chi connectivity index (χ0v) is 15.4. The zero-order chi connectivity index (χ0) is 18.8. The predicted octanol–water partition coefficient (Wildman–Crippen LogP) is 1.63. The smallest absolute Gasteiger partial charge is 0.321 e. The topological polar surface area (TPSA) is 83.1 Å². The van der Waals surface area contributed by atoms with Crippen LogP contribution in [0.2, 0.25) is 0 Å². The highest BCUT2D eigenvalue weighted by molar-refractivity contribution is 5.90. The number of piperazine rings is 1. The molecule has 4 rings (SSSR count). The Hall–Kier alpha value is -3.23. The van der Waals surface area contributed by atoms with Gasteiger partial charge in [0, 0.05) is 52.0 Å². The lowest BCUT2D eigenvalue weighted by Gasteiger charge is -2.35. The molecule has 142 valence electrons. The molecule has 0 unspecified atom stereocenters. The van der Waals surface area contributed by atoms with Crippen molar-refractivity contribution in [3.05, 3.63) is 30.3 Å². The minimum Gasteiger partial charge on any atom is -0.454 e. The van der Waals surface area contributed by atoms with E-state index in [1.807, 2.05) is 37.2 Å². The van der Waals surface area contributed by atoms with Crippen LogP contribution in [0.1, 0.15) is 0 Å². The Morgan fingerprint density at radius 2 is 1.81 bits per heavy atom. The van der Waals surface area contributed by atoms with Crippen molar-refractivity contribution in [3.8, 4) is 11.5 Å². The molecule has 0 saturated carbocycles. The molecule has 1 aromatic carbocycles. The summed E-state index contributed by atoms with van der Waals surface area (Å²) in [6.45, 7) is 2.88. The van der Waals surface area contributed by atoms with Crippen molar-refractivity contribution in [1.29, 1.82) is 0 Å². The van der Waals surface area contributed by atoms with Crippen LogP contribution in [0.15, 0.2) is 30.3 Å². The van der Waals surface area contributed by atoms with Gasteiger partial charge >= 0.3 is 6.03 Å². The van der Waals surface area contributed by atoms with E-state index >= 15 is 0 Å². The van der Waals surface area contributed by atoms with Crippen molar-refractivity contribution >= 4 is 23.4 Å². The summed E-state index contributed by atoms with van der Waals surface area (Å²) in [5.74, 6) is 3.00. The van der Waals surface area contributed by atoms with Gasteiger partial charge in [0.05, 0.1) is 0 Å². The Balaban J connectivity index is 1.32. The van der Waals surface area contributed by atoms with Crippen LogP contribution >= 0.6 is 0 Å². The number of carbonyl (C=O) groups is 1. The maximum atomic E-state index is 12.5. The van der Waals surface area contributed by atoms with E-state index in [1.165, 1.54) is 0 Å². The molecule has 0 atom stereocenters. The number of hydrogen-bond donors (Lipinski definition) is 1. The number of nitrogens with zero attached hydrogens (tertiary/aromatic N) is 5. The quantitative estimate of drug-likeness (QED) is 0.879. The van der Waals surface area contributed by atoms with Crippen molar-refractivity contribution in [2.24, 2.45) is 0 Å². The van der Waals surface area contributed by atoms with Crippen molar-refractivity contribution < 1.29 is 14.3 Å². The van der Waals surface area contributed by atoms with E-state index in [0.717, 1.165) is 11.6 Å². The average molecular weight is 370 g/mol. The first-order valence-corrected chi connectivity index (χ1v) is 8.82. The lowest BCUT2D eigenvalue weighted by Crippen LogP contribution is -2.50. The van der Waals surface area contributed by atoms with Crippen LogP contribution in [0.5, 0.6) is 11.5 Å². The molecule has 1 N–H and O–H groups in total. The highest BCUT2D eigenvalue weighted by Gasteiger charge is 2.23. The molecular weight excluding hydrogens is 348 g/mol. The minimum absolute atomic E-state index is 0.123. The van der Waals surface area contributed by atoms with Crippen LogP contribution in [0.4, 0.5) is 22.1 Å². The number of carbonyl (C=O) groups excluding carboxylic acids is 1. The molecule has 1 fully saturated rings. The highest BCUT2D eigenvalue weighted by atomic mass is 16.7. The molecule has 3 heterocycles. The summed E-state index contributed by atoms with van der Waals surface area (Å²) in [6.07, 6.45) is 0. The van der Waals surface area contributed by atoms with Crippen molar-refractivity contribution in [3.63, 3.8) is 0 Å². The fraction of sp³-hybridized carbons (Fsp3) is 0.389. The minimum atomic E-state index is -0.123. The Morgan fingerprint density at radius 3 is 2.52 bits per heavy atom. The van der Waals surface area contributed by atoms with E-state index < -0.39 is 0 Å². The number of hydrogen-bond acceptors (Lipinski definition) is 7. The summed E-state index contributed by atoms with van der Waals surface area (Å²) in [6, 6.07) is 9.17. The van der Waals surface area contributed by atoms with Crippen LogP contribution < -0.4 is 24.6 Å². The number of urea groups is 1. The fourth-order valence-corrected chi connectivity index (χ4v) is 3.04. The molecule has 1 aromatic heterocycles. The van der Waals surface area contributed by atoms with Crippen molar-refractivity contribution in [2.45, 2.75) is 0 Å². The molecule has 0 radical (unpaired) electrons. The van der Waals surface area contributed by atoms with Gasteiger partial charge in [-0.15, -0.1) is 10.2 Å². The predicted molar refractivity (Wildman–Crippen MR) is 102 cm³/mol. The first-order chi connectivity index (χ1) is 13.1. The van der Waals surface area contributed by atoms with Gasteiger partial charge in [-0.3, -0.25) is 0 Å². The van der Waals surface area contributed by atoms with Crippen LogP contribution in [0.3, 0.4) is 0 Å². The Labute approximate surface area is 157 Å². The van der Waals surface area contributed by atoms with Gasteiger partial charge in [0.15, 0.2) is 23.1 Å². The average Bonchev–Trinajstić information content (AvgIpc) is 3.16. The summed E-state index contributed by atoms with van der Waals surface area (Å²) in [5.41, 5.74) is 0.692. The van der Waals surface area contributed by atoms with Crippen LogP contribution in [-0.4, -0.2) is 68.2 Å². The van der Waals surface area contributed by atoms with Crippen molar-refractivity contribution in [2.75, 3.05) is 62.2 Å². The van der Waals surface area contributed by atoms with Gasteiger partial charge in [-0.25, -0.2) is 4.79 Å². The maximum absolute atomic E-state index is 12.5. The van der Waals surface area contributed by atoms with E-state index in [0.29, 0.717) is 43.4 Å². The molecule has 2 aromatic rings. The van der Waals surface area contributed by atoms with Gasteiger partial charge in [-0.2, -0.15) is 0 Å². The standard InChI is InChI=1S/C18H22N6O3/c1-22(2)16-5-6-17(21-20-16)23-7-9-24(10-8-23)18(25)19-13-3-4-14-15(11-13)27-12-26-14/h3-6,11H,7-10,12H2,1-2H3,(H,19,25). The first-order valence-electron chi connectivity index (χ1n) is 8.82. The van der Waals surface area contributed by atoms with Gasteiger partial charge in [-0.1, -0.05) is 0 Å². The summed E-state index contributed by atoms with van der Waals surface area (Å²) < 4.78 is 10.6. The number of fused-ring (bicyclic) bond motifs is 1. The van der Waals surface area contributed by atoms with E-state index in [9.17, 15) is 4.79 Å². The molecular formula is C18H22N6O3. The highest BCUT2D eigenvalue weighted by Crippen LogP contribution is 2.34. The lowest BCUT2D eigenvalue weighted by atomic mass is 10.2. The second-order valence-electron chi connectivity index (χ2n) is 6.62. The second-order valence-corrected chi connectivity index (χ2v) is 6.62. The third-order valence-electron chi connectivity index (χ3n) is 4.61. The summed E-state index contributed by atoms with van der Waals surface area (Å²) in [4.78, 5) is 18.4. The van der Waals surface area contributed by atoms with Gasteiger partial charge in [0.2, 0.25) is 6.79 Å². The summed E-state index contributed by atoms with van der Waals surface area (Å²) in [5, 5.41) is 11.4. The number of rotatable bonds is 3. The second kappa shape index (κ2) is 7.18. The Bertz CT molecular complexity index is 818. The Morgan fingerprint density at radius 1 is 1.04 bits per heavy atom. The Kier molecular flexibility index (Phi) is 4.57. The molecule has 2 aliphatic rings. The molecule has 0 spiro atoms. The number of anilines is 3. The number of benzene rings is 1. The largest absolute Gasteiger partial charge is 0.454 e. The van der Waals surface area contributed by atoms with Crippen molar-refractivity contribution in [1.82, 2.24) is 15.1 Å². The SMILES string of the molecule is CN(C)c1ccc(N2CCN(C(=O)Nc3ccc4c(c3)OCO4)CC2)nn1.